The van der Waals surface area contributed by atoms with E-state index in [-0.39, 0.29) is 12.1 Å². The van der Waals surface area contributed by atoms with Crippen LogP contribution in [0.4, 0.5) is 10.5 Å². The number of amides is 2. The van der Waals surface area contributed by atoms with Gasteiger partial charge in [0.25, 0.3) is 0 Å². The lowest BCUT2D eigenvalue weighted by Crippen LogP contribution is -2.41. The number of fused-ring (bicyclic) bond motifs is 3. The van der Waals surface area contributed by atoms with Crippen LogP contribution in [0, 0.1) is 6.92 Å². The maximum Gasteiger partial charge on any atom is 0.318 e. The van der Waals surface area contributed by atoms with Crippen LogP contribution in [0.3, 0.4) is 0 Å². The number of aromatic nitrogens is 1. The topological polar surface area (TPSA) is 40.5 Å². The van der Waals surface area contributed by atoms with E-state index in [4.69, 9.17) is 0 Å². The molecule has 0 saturated heterocycles. The minimum absolute atomic E-state index is 0.0771. The first-order chi connectivity index (χ1) is 16.5. The zero-order valence-electron chi connectivity index (χ0n) is 19.9. The van der Waals surface area contributed by atoms with Gasteiger partial charge in [0.05, 0.1) is 18.3 Å². The van der Waals surface area contributed by atoms with Gasteiger partial charge in [-0.3, -0.25) is 0 Å². The first-order valence-corrected chi connectivity index (χ1v) is 11.6. The van der Waals surface area contributed by atoms with Gasteiger partial charge in [-0.1, -0.05) is 60.2 Å². The maximum absolute atomic E-state index is 13.7. The van der Waals surface area contributed by atoms with E-state index in [0.717, 1.165) is 33.8 Å². The number of urea groups is 1. The molecule has 1 aromatic heterocycles. The van der Waals surface area contributed by atoms with Crippen molar-refractivity contribution < 1.29 is 4.79 Å². The molecule has 0 unspecified atom stereocenters. The van der Waals surface area contributed by atoms with Crippen LogP contribution < -0.4 is 10.2 Å². The Balaban J connectivity index is 1.54. The summed E-state index contributed by atoms with van der Waals surface area (Å²) in [6.07, 6.45) is 2.09. The Morgan fingerprint density at radius 2 is 1.68 bits per heavy atom. The molecule has 1 aliphatic rings. The van der Waals surface area contributed by atoms with Crippen molar-refractivity contribution in [1.82, 2.24) is 14.8 Å². The van der Waals surface area contributed by atoms with E-state index >= 15 is 0 Å². The van der Waals surface area contributed by atoms with Crippen LogP contribution in [0.1, 0.15) is 34.0 Å². The van der Waals surface area contributed by atoms with Crippen molar-refractivity contribution in [2.24, 2.45) is 0 Å². The molecule has 1 atom stereocenters. The van der Waals surface area contributed by atoms with Crippen LogP contribution >= 0.6 is 0 Å². The molecular weight excluding hydrogens is 420 g/mol. The molecule has 3 aromatic carbocycles. The van der Waals surface area contributed by atoms with E-state index in [1.54, 1.807) is 0 Å². The fraction of sp³-hybridized carbons (Fsp3) is 0.207. The molecular formula is C29H30N4O. The standard InChI is InChI=1S/C29H30N4O/c1-21-10-12-22(13-11-21)19-30-29(34)33-20-24-7-4-5-8-26(24)32-18-6-9-27(32)28(33)23-14-16-25(17-15-23)31(2)3/h4-18,28H,19-20H2,1-3H3,(H,30,34)/t28-/m1/s1. The van der Waals surface area contributed by atoms with Gasteiger partial charge < -0.3 is 19.7 Å². The monoisotopic (exact) mass is 450 g/mol. The van der Waals surface area contributed by atoms with E-state index < -0.39 is 0 Å². The Bertz CT molecular complexity index is 1290. The van der Waals surface area contributed by atoms with Gasteiger partial charge in [0.1, 0.15) is 0 Å². The van der Waals surface area contributed by atoms with E-state index in [0.29, 0.717) is 13.1 Å². The zero-order valence-corrected chi connectivity index (χ0v) is 19.9. The van der Waals surface area contributed by atoms with Crippen LogP contribution in [-0.2, 0) is 13.1 Å². The summed E-state index contributed by atoms with van der Waals surface area (Å²) in [6, 6.07) is 29.0. The first-order valence-electron chi connectivity index (χ1n) is 11.6. The van der Waals surface area contributed by atoms with Crippen molar-refractivity contribution in [1.29, 1.82) is 0 Å². The summed E-state index contributed by atoms with van der Waals surface area (Å²) in [5.74, 6) is 0. The van der Waals surface area contributed by atoms with Crippen molar-refractivity contribution in [2.45, 2.75) is 26.1 Å². The van der Waals surface area contributed by atoms with E-state index in [1.165, 1.54) is 5.56 Å². The molecule has 0 aliphatic carbocycles. The van der Waals surface area contributed by atoms with Crippen molar-refractivity contribution in [3.63, 3.8) is 0 Å². The van der Waals surface area contributed by atoms with E-state index in [9.17, 15) is 4.79 Å². The first kappa shape index (κ1) is 21.8. The number of anilines is 1. The number of hydrogen-bond donors (Lipinski definition) is 1. The number of benzene rings is 3. The summed E-state index contributed by atoms with van der Waals surface area (Å²) >= 11 is 0. The Kier molecular flexibility index (Phi) is 5.84. The number of aryl methyl sites for hydroxylation is 1. The molecule has 5 nitrogen and oxygen atoms in total. The third-order valence-corrected chi connectivity index (χ3v) is 6.51. The number of rotatable bonds is 4. The predicted octanol–water partition coefficient (Wildman–Crippen LogP) is 5.67. The van der Waals surface area contributed by atoms with Crippen LogP contribution in [0.15, 0.2) is 91.1 Å². The van der Waals surface area contributed by atoms with Gasteiger partial charge in [0, 0.05) is 38.2 Å². The molecule has 2 amide bonds. The second-order valence-electron chi connectivity index (χ2n) is 9.09. The Morgan fingerprint density at radius 3 is 2.41 bits per heavy atom. The predicted molar refractivity (Wildman–Crippen MR) is 137 cm³/mol. The van der Waals surface area contributed by atoms with Crippen molar-refractivity contribution in [3.05, 3.63) is 119 Å². The number of hydrogen-bond acceptors (Lipinski definition) is 2. The third kappa shape index (κ3) is 4.17. The lowest BCUT2D eigenvalue weighted by Gasteiger charge is -2.31. The van der Waals surface area contributed by atoms with Gasteiger partial charge in [-0.05, 0) is 53.9 Å². The molecule has 0 radical (unpaired) electrons. The Morgan fingerprint density at radius 1 is 0.941 bits per heavy atom. The van der Waals surface area contributed by atoms with Crippen LogP contribution in [0.5, 0.6) is 0 Å². The van der Waals surface area contributed by atoms with Crippen LogP contribution in [0.25, 0.3) is 5.69 Å². The fourth-order valence-electron chi connectivity index (χ4n) is 4.63. The van der Waals surface area contributed by atoms with Gasteiger partial charge in [0.2, 0.25) is 0 Å². The highest BCUT2D eigenvalue weighted by Gasteiger charge is 2.32. The van der Waals surface area contributed by atoms with Crippen LogP contribution in [0.2, 0.25) is 0 Å². The number of carbonyl (C=O) groups excluding carboxylic acids is 1. The quantitative estimate of drug-likeness (QED) is 0.435. The molecule has 172 valence electrons. The highest BCUT2D eigenvalue weighted by Crippen LogP contribution is 2.37. The van der Waals surface area contributed by atoms with E-state index in [2.05, 4.69) is 107 Å². The second-order valence-corrected chi connectivity index (χ2v) is 9.09. The van der Waals surface area contributed by atoms with Gasteiger partial charge in [-0.15, -0.1) is 0 Å². The maximum atomic E-state index is 13.7. The molecule has 4 aromatic rings. The second kappa shape index (κ2) is 9.10. The zero-order chi connectivity index (χ0) is 23.7. The molecule has 5 heteroatoms. The van der Waals surface area contributed by atoms with Gasteiger partial charge in [0.15, 0.2) is 0 Å². The van der Waals surface area contributed by atoms with Crippen LogP contribution in [-0.4, -0.2) is 29.6 Å². The normalized spacial score (nSPS) is 14.7. The smallest absolute Gasteiger partial charge is 0.318 e. The molecule has 5 rings (SSSR count). The molecule has 0 spiro atoms. The Labute approximate surface area is 201 Å². The summed E-state index contributed by atoms with van der Waals surface area (Å²) in [5.41, 5.74) is 7.83. The minimum atomic E-state index is -0.211. The van der Waals surface area contributed by atoms with Gasteiger partial charge >= 0.3 is 6.03 Å². The molecule has 0 bridgehead atoms. The molecule has 2 heterocycles. The minimum Gasteiger partial charge on any atom is -0.378 e. The number of nitrogens with one attached hydrogen (secondary N) is 1. The summed E-state index contributed by atoms with van der Waals surface area (Å²) < 4.78 is 2.22. The fourth-order valence-corrected chi connectivity index (χ4v) is 4.63. The Hall–Kier alpha value is -3.99. The molecule has 0 saturated carbocycles. The van der Waals surface area contributed by atoms with Gasteiger partial charge in [-0.25, -0.2) is 4.79 Å². The number of nitrogens with zero attached hydrogens (tertiary/aromatic N) is 3. The van der Waals surface area contributed by atoms with Crippen molar-refractivity contribution in [3.8, 4) is 5.69 Å². The highest BCUT2D eigenvalue weighted by molar-refractivity contribution is 5.76. The number of para-hydroxylation sites is 1. The molecule has 1 N–H and O–H groups in total. The molecule has 34 heavy (non-hydrogen) atoms. The van der Waals surface area contributed by atoms with Crippen molar-refractivity contribution in [2.75, 3.05) is 19.0 Å². The third-order valence-electron chi connectivity index (χ3n) is 6.51. The van der Waals surface area contributed by atoms with Crippen molar-refractivity contribution >= 4 is 11.7 Å². The molecule has 1 aliphatic heterocycles. The lowest BCUT2D eigenvalue weighted by atomic mass is 10.0. The summed E-state index contributed by atoms with van der Waals surface area (Å²) in [7, 11) is 4.07. The lowest BCUT2D eigenvalue weighted by molar-refractivity contribution is 0.180. The summed E-state index contributed by atoms with van der Waals surface area (Å²) in [4.78, 5) is 17.7. The average molecular weight is 451 g/mol. The summed E-state index contributed by atoms with van der Waals surface area (Å²) in [6.45, 7) is 3.08. The van der Waals surface area contributed by atoms with E-state index in [1.807, 2.05) is 25.1 Å². The molecule has 0 fully saturated rings. The highest BCUT2D eigenvalue weighted by atomic mass is 16.2. The summed E-state index contributed by atoms with van der Waals surface area (Å²) in [5, 5.41) is 3.17. The number of carbonyl (C=O) groups is 1. The van der Waals surface area contributed by atoms with Gasteiger partial charge in [-0.2, -0.15) is 0 Å². The average Bonchev–Trinajstić information content (AvgIpc) is 3.28. The largest absolute Gasteiger partial charge is 0.378 e. The SMILES string of the molecule is Cc1ccc(CNC(=O)N2Cc3ccccc3-n3cccc3[C@H]2c2ccc(N(C)C)cc2)cc1.